The summed E-state index contributed by atoms with van der Waals surface area (Å²) in [5, 5.41) is 15.6. The van der Waals surface area contributed by atoms with Crippen molar-refractivity contribution in [3.8, 4) is 0 Å². The van der Waals surface area contributed by atoms with E-state index in [4.69, 9.17) is 5.11 Å². The van der Waals surface area contributed by atoms with Crippen LogP contribution in [0.3, 0.4) is 0 Å². The molecule has 2 rings (SSSR count). The summed E-state index contributed by atoms with van der Waals surface area (Å²) in [5.41, 5.74) is 1.56. The summed E-state index contributed by atoms with van der Waals surface area (Å²) in [5.74, 6) is -1.74. The zero-order valence-corrected chi connectivity index (χ0v) is 12.3. The maximum atomic E-state index is 12.1. The first-order chi connectivity index (χ1) is 9.79. The molecule has 0 spiro atoms. The fourth-order valence-corrected chi connectivity index (χ4v) is 1.98. The van der Waals surface area contributed by atoms with Crippen LogP contribution >= 0.6 is 0 Å². The van der Waals surface area contributed by atoms with Crippen LogP contribution in [0.1, 0.15) is 35.9 Å². The second kappa shape index (κ2) is 5.47. The minimum absolute atomic E-state index is 0.0944. The third-order valence-electron chi connectivity index (χ3n) is 3.04. The van der Waals surface area contributed by atoms with Crippen LogP contribution in [0.5, 0.6) is 0 Å². The van der Waals surface area contributed by atoms with Crippen LogP contribution in [0.25, 0.3) is 5.78 Å². The third-order valence-corrected chi connectivity index (χ3v) is 3.04. The average molecular weight is 291 g/mol. The lowest BCUT2D eigenvalue weighted by molar-refractivity contribution is -0.140. The fraction of sp³-hybridized carbons (Fsp3) is 0.462. The van der Waals surface area contributed by atoms with Gasteiger partial charge in [-0.1, -0.05) is 13.8 Å². The number of carbonyl (C=O) groups excluding carboxylic acids is 1. The summed E-state index contributed by atoms with van der Waals surface area (Å²) in [7, 11) is 0. The standard InChI is InChI=1S/C13H17N5O3/c1-6(2)9(12(20)21)15-11(19)10-16-13-14-7(3)5-8(4)18(13)17-10/h5-6,9H,1-4H3,(H,15,19)(H,20,21). The minimum atomic E-state index is -1.09. The molecule has 2 aromatic heterocycles. The van der Waals surface area contributed by atoms with Crippen LogP contribution in [-0.4, -0.2) is 42.6 Å². The van der Waals surface area contributed by atoms with Crippen molar-refractivity contribution in [2.75, 3.05) is 0 Å². The molecule has 112 valence electrons. The first-order valence-corrected chi connectivity index (χ1v) is 6.54. The highest BCUT2D eigenvalue weighted by atomic mass is 16.4. The van der Waals surface area contributed by atoms with Gasteiger partial charge in [0.25, 0.3) is 11.7 Å². The van der Waals surface area contributed by atoms with Gasteiger partial charge in [0.05, 0.1) is 0 Å². The number of rotatable bonds is 4. The molecule has 2 heterocycles. The second-order valence-electron chi connectivity index (χ2n) is 5.22. The predicted molar refractivity (Wildman–Crippen MR) is 74.0 cm³/mol. The Labute approximate surface area is 121 Å². The molecule has 0 saturated heterocycles. The molecular formula is C13H17N5O3. The number of fused-ring (bicyclic) bond motifs is 1. The van der Waals surface area contributed by atoms with Gasteiger partial charge in [-0.3, -0.25) is 4.79 Å². The molecule has 0 radical (unpaired) electrons. The van der Waals surface area contributed by atoms with E-state index < -0.39 is 17.9 Å². The molecule has 1 unspecified atom stereocenters. The van der Waals surface area contributed by atoms with Crippen LogP contribution in [0, 0.1) is 19.8 Å². The third kappa shape index (κ3) is 2.99. The van der Waals surface area contributed by atoms with Crippen molar-refractivity contribution in [1.82, 2.24) is 24.9 Å². The van der Waals surface area contributed by atoms with Crippen molar-refractivity contribution in [1.29, 1.82) is 0 Å². The number of aliphatic carboxylic acids is 1. The van der Waals surface area contributed by atoms with Gasteiger partial charge in [0, 0.05) is 11.4 Å². The Morgan fingerprint density at radius 1 is 1.29 bits per heavy atom. The van der Waals surface area contributed by atoms with Gasteiger partial charge in [-0.25, -0.2) is 14.3 Å². The zero-order chi connectivity index (χ0) is 15.7. The van der Waals surface area contributed by atoms with Gasteiger partial charge in [-0.2, -0.15) is 4.98 Å². The number of carboxylic acid groups (broad SMARTS) is 1. The number of nitrogens with one attached hydrogen (secondary N) is 1. The van der Waals surface area contributed by atoms with Crippen molar-refractivity contribution in [2.24, 2.45) is 5.92 Å². The number of carbonyl (C=O) groups is 2. The smallest absolute Gasteiger partial charge is 0.326 e. The summed E-state index contributed by atoms with van der Waals surface area (Å²) < 4.78 is 1.45. The highest BCUT2D eigenvalue weighted by molar-refractivity contribution is 5.93. The summed E-state index contributed by atoms with van der Waals surface area (Å²) in [6.45, 7) is 7.07. The van der Waals surface area contributed by atoms with E-state index >= 15 is 0 Å². The van der Waals surface area contributed by atoms with E-state index in [9.17, 15) is 9.59 Å². The molecule has 0 aliphatic heterocycles. The monoisotopic (exact) mass is 291 g/mol. The quantitative estimate of drug-likeness (QED) is 0.852. The van der Waals surface area contributed by atoms with Crippen molar-refractivity contribution >= 4 is 17.7 Å². The Morgan fingerprint density at radius 3 is 2.52 bits per heavy atom. The maximum absolute atomic E-state index is 12.1. The fourth-order valence-electron chi connectivity index (χ4n) is 1.98. The highest BCUT2D eigenvalue weighted by Gasteiger charge is 2.26. The van der Waals surface area contributed by atoms with Gasteiger partial charge in [0.2, 0.25) is 5.82 Å². The number of nitrogens with zero attached hydrogens (tertiary/aromatic N) is 4. The van der Waals surface area contributed by atoms with Gasteiger partial charge < -0.3 is 10.4 Å². The van der Waals surface area contributed by atoms with E-state index in [1.807, 2.05) is 19.9 Å². The summed E-state index contributed by atoms with van der Waals surface area (Å²) in [4.78, 5) is 31.4. The number of aromatic nitrogens is 4. The van der Waals surface area contributed by atoms with E-state index in [0.717, 1.165) is 11.4 Å². The Balaban J connectivity index is 2.31. The number of amides is 1. The van der Waals surface area contributed by atoms with Gasteiger partial charge in [0.15, 0.2) is 0 Å². The topological polar surface area (TPSA) is 109 Å². The van der Waals surface area contributed by atoms with E-state index in [1.54, 1.807) is 13.8 Å². The molecule has 21 heavy (non-hydrogen) atoms. The van der Waals surface area contributed by atoms with Crippen LogP contribution in [0.4, 0.5) is 0 Å². The minimum Gasteiger partial charge on any atom is -0.480 e. The summed E-state index contributed by atoms with van der Waals surface area (Å²) in [6, 6.07) is 0.831. The van der Waals surface area contributed by atoms with Crippen LogP contribution < -0.4 is 5.32 Å². The number of aryl methyl sites for hydroxylation is 2. The molecule has 2 N–H and O–H groups in total. The summed E-state index contributed by atoms with van der Waals surface area (Å²) >= 11 is 0. The van der Waals surface area contributed by atoms with Gasteiger partial charge >= 0.3 is 5.97 Å². The molecule has 0 fully saturated rings. The maximum Gasteiger partial charge on any atom is 0.326 e. The molecule has 1 atom stereocenters. The SMILES string of the molecule is Cc1cc(C)n2nc(C(=O)NC(C(=O)O)C(C)C)nc2n1. The first kappa shape index (κ1) is 14.9. The van der Waals surface area contributed by atoms with Crippen molar-refractivity contribution in [2.45, 2.75) is 33.7 Å². The number of hydrogen-bond donors (Lipinski definition) is 2. The second-order valence-corrected chi connectivity index (χ2v) is 5.22. The molecule has 0 aromatic carbocycles. The van der Waals surface area contributed by atoms with E-state index in [1.165, 1.54) is 4.52 Å². The molecule has 0 aliphatic carbocycles. The zero-order valence-electron chi connectivity index (χ0n) is 12.3. The van der Waals surface area contributed by atoms with Gasteiger partial charge in [0.1, 0.15) is 6.04 Å². The van der Waals surface area contributed by atoms with Crippen LogP contribution in [0.2, 0.25) is 0 Å². The largest absolute Gasteiger partial charge is 0.480 e. The number of carboxylic acids is 1. The average Bonchev–Trinajstić information content (AvgIpc) is 2.78. The van der Waals surface area contributed by atoms with Crippen LogP contribution in [0.15, 0.2) is 6.07 Å². The molecular weight excluding hydrogens is 274 g/mol. The Bertz CT molecular complexity index is 707. The highest BCUT2D eigenvalue weighted by Crippen LogP contribution is 2.07. The van der Waals surface area contributed by atoms with Crippen LogP contribution in [-0.2, 0) is 4.79 Å². The van der Waals surface area contributed by atoms with Crippen molar-refractivity contribution < 1.29 is 14.7 Å². The van der Waals surface area contributed by atoms with Crippen molar-refractivity contribution in [3.05, 3.63) is 23.3 Å². The molecule has 0 bridgehead atoms. The van der Waals surface area contributed by atoms with Gasteiger partial charge in [-0.05, 0) is 25.8 Å². The molecule has 0 aliphatic rings. The predicted octanol–water partition coefficient (Wildman–Crippen LogP) is 0.580. The Hall–Kier alpha value is -2.51. The molecule has 0 saturated carbocycles. The molecule has 2 aromatic rings. The number of hydrogen-bond acceptors (Lipinski definition) is 5. The normalized spacial score (nSPS) is 12.6. The van der Waals surface area contributed by atoms with Gasteiger partial charge in [-0.15, -0.1) is 5.10 Å². The molecule has 1 amide bonds. The van der Waals surface area contributed by atoms with E-state index in [0.29, 0.717) is 5.78 Å². The lowest BCUT2D eigenvalue weighted by atomic mass is 10.1. The van der Waals surface area contributed by atoms with E-state index in [-0.39, 0.29) is 11.7 Å². The lowest BCUT2D eigenvalue weighted by Gasteiger charge is -2.16. The Kier molecular flexibility index (Phi) is 3.88. The molecule has 8 heteroatoms. The van der Waals surface area contributed by atoms with E-state index in [2.05, 4.69) is 20.4 Å². The summed E-state index contributed by atoms with van der Waals surface area (Å²) in [6.07, 6.45) is 0. The van der Waals surface area contributed by atoms with Crippen molar-refractivity contribution in [3.63, 3.8) is 0 Å². The Morgan fingerprint density at radius 2 is 1.95 bits per heavy atom. The molecule has 8 nitrogen and oxygen atoms in total. The first-order valence-electron chi connectivity index (χ1n) is 6.54. The lowest BCUT2D eigenvalue weighted by Crippen LogP contribution is -2.44.